The Morgan fingerprint density at radius 3 is 2.70 bits per heavy atom. The topological polar surface area (TPSA) is 94.8 Å². The van der Waals surface area contributed by atoms with E-state index in [0.717, 1.165) is 5.56 Å². The molecule has 0 amide bonds. The molecular formula is C18H23N3O5S. The average Bonchev–Trinajstić information content (AvgIpc) is 3.32. The smallest absolute Gasteiger partial charge is 0.247 e. The molecule has 9 heteroatoms. The molecule has 2 saturated heterocycles. The van der Waals surface area contributed by atoms with Crippen LogP contribution < -0.4 is 4.74 Å². The van der Waals surface area contributed by atoms with E-state index in [9.17, 15) is 8.42 Å². The fourth-order valence-corrected chi connectivity index (χ4v) is 6.19. The summed E-state index contributed by atoms with van der Waals surface area (Å²) >= 11 is 0. The number of hydrogen-bond donors (Lipinski definition) is 0. The van der Waals surface area contributed by atoms with Crippen molar-refractivity contribution in [2.75, 3.05) is 27.4 Å². The molecule has 0 atom stereocenters. The minimum absolute atomic E-state index is 0.168. The third kappa shape index (κ3) is 2.84. The van der Waals surface area contributed by atoms with Gasteiger partial charge in [-0.05, 0) is 42.9 Å². The Labute approximate surface area is 158 Å². The van der Waals surface area contributed by atoms with Gasteiger partial charge in [0.25, 0.3) is 0 Å². The average molecular weight is 393 g/mol. The van der Waals surface area contributed by atoms with Crippen LogP contribution in [0, 0.1) is 12.8 Å². The Kier molecular flexibility index (Phi) is 4.48. The van der Waals surface area contributed by atoms with Gasteiger partial charge in [0.05, 0.1) is 13.7 Å². The van der Waals surface area contributed by atoms with Crippen LogP contribution in [0.15, 0.2) is 27.5 Å². The number of hydrogen-bond acceptors (Lipinski definition) is 7. The zero-order valence-electron chi connectivity index (χ0n) is 15.6. The first kappa shape index (κ1) is 18.4. The summed E-state index contributed by atoms with van der Waals surface area (Å²) in [4.78, 5) is 0.168. The summed E-state index contributed by atoms with van der Waals surface area (Å²) in [6.07, 6.45) is 2.04. The number of methoxy groups -OCH3 is 2. The maximum Gasteiger partial charge on any atom is 0.247 e. The number of rotatable bonds is 7. The van der Waals surface area contributed by atoms with Gasteiger partial charge >= 0.3 is 0 Å². The molecule has 0 N–H and O–H groups in total. The second-order valence-corrected chi connectivity index (χ2v) is 9.03. The second-order valence-electron chi connectivity index (χ2n) is 7.20. The lowest BCUT2D eigenvalue weighted by Gasteiger charge is -2.38. The van der Waals surface area contributed by atoms with E-state index in [1.165, 1.54) is 11.4 Å². The predicted octanol–water partition coefficient (Wildman–Crippen LogP) is 1.89. The monoisotopic (exact) mass is 393 g/mol. The van der Waals surface area contributed by atoms with Gasteiger partial charge in [-0.15, -0.1) is 10.2 Å². The van der Waals surface area contributed by atoms with Crippen LogP contribution in [0.5, 0.6) is 5.75 Å². The van der Waals surface area contributed by atoms with Crippen molar-refractivity contribution in [3.63, 3.8) is 0 Å². The lowest BCUT2D eigenvalue weighted by atomic mass is 9.73. The Hall–Kier alpha value is -1.97. The summed E-state index contributed by atoms with van der Waals surface area (Å²) in [5.41, 5.74) is 0.142. The van der Waals surface area contributed by atoms with Crippen LogP contribution in [0.3, 0.4) is 0 Å². The van der Waals surface area contributed by atoms with Crippen LogP contribution in [0.2, 0.25) is 0 Å². The minimum Gasteiger partial charge on any atom is -0.495 e. The van der Waals surface area contributed by atoms with E-state index in [1.807, 2.05) is 6.07 Å². The Morgan fingerprint density at radius 2 is 2.07 bits per heavy atom. The standard InChI is InChI=1S/C18H23N3O5S/c1-12-19-20-17(26-12)18-9-14(10-18)11-21(18)27(22,23)16-8-13(6-7-24-2)4-5-15(16)25-3/h4-5,8,14H,6-7,9-11H2,1-3H3. The molecule has 8 nitrogen and oxygen atoms in total. The second kappa shape index (κ2) is 6.57. The highest BCUT2D eigenvalue weighted by Gasteiger charge is 2.64. The highest BCUT2D eigenvalue weighted by atomic mass is 32.2. The molecule has 0 radical (unpaired) electrons. The van der Waals surface area contributed by atoms with Crippen molar-refractivity contribution in [2.45, 2.75) is 36.6 Å². The SMILES string of the molecule is COCCc1ccc(OC)c(S(=O)(=O)N2CC3CC2(c2nnc(C)o2)C3)c1. The Bertz CT molecular complexity index is 950. The number of ether oxygens (including phenoxy) is 2. The molecule has 2 aliphatic heterocycles. The summed E-state index contributed by atoms with van der Waals surface area (Å²) in [7, 11) is -0.698. The van der Waals surface area contributed by atoms with Gasteiger partial charge in [0.1, 0.15) is 16.2 Å². The van der Waals surface area contributed by atoms with E-state index in [4.69, 9.17) is 13.9 Å². The summed E-state index contributed by atoms with van der Waals surface area (Å²) in [6, 6.07) is 5.23. The largest absolute Gasteiger partial charge is 0.495 e. The highest BCUT2D eigenvalue weighted by Crippen LogP contribution is 2.58. The lowest BCUT2D eigenvalue weighted by molar-refractivity contribution is 0.126. The van der Waals surface area contributed by atoms with E-state index in [0.29, 0.717) is 55.9 Å². The van der Waals surface area contributed by atoms with Crippen molar-refractivity contribution in [1.29, 1.82) is 0 Å². The summed E-state index contributed by atoms with van der Waals surface area (Å²) in [5.74, 6) is 1.46. The van der Waals surface area contributed by atoms with Crippen molar-refractivity contribution >= 4 is 10.0 Å². The molecule has 2 bridgehead atoms. The molecule has 146 valence electrons. The van der Waals surface area contributed by atoms with Gasteiger partial charge in [0.2, 0.25) is 21.8 Å². The number of aromatic nitrogens is 2. The quantitative estimate of drug-likeness (QED) is 0.709. The summed E-state index contributed by atoms with van der Waals surface area (Å²) < 4.78 is 44.8. The van der Waals surface area contributed by atoms with Gasteiger partial charge in [-0.3, -0.25) is 0 Å². The number of nitrogens with zero attached hydrogens (tertiary/aromatic N) is 3. The number of aryl methyl sites for hydroxylation is 1. The zero-order valence-corrected chi connectivity index (χ0v) is 16.5. The van der Waals surface area contributed by atoms with E-state index in [1.54, 1.807) is 26.2 Å². The van der Waals surface area contributed by atoms with Crippen LogP contribution in [0.25, 0.3) is 0 Å². The zero-order chi connectivity index (χ0) is 19.2. The van der Waals surface area contributed by atoms with E-state index >= 15 is 0 Å². The first-order valence-electron chi connectivity index (χ1n) is 8.90. The number of sulfonamides is 1. The van der Waals surface area contributed by atoms with Crippen molar-refractivity contribution < 1.29 is 22.3 Å². The number of benzene rings is 1. The van der Waals surface area contributed by atoms with Gasteiger partial charge in [-0.1, -0.05) is 6.07 Å². The minimum atomic E-state index is -3.79. The number of fused-ring (bicyclic) bond motifs is 1. The van der Waals surface area contributed by atoms with E-state index in [2.05, 4.69) is 10.2 Å². The van der Waals surface area contributed by atoms with Gasteiger partial charge in [0.15, 0.2) is 0 Å². The predicted molar refractivity (Wildman–Crippen MR) is 95.9 cm³/mol. The Balaban J connectivity index is 1.75. The van der Waals surface area contributed by atoms with Gasteiger partial charge in [-0.25, -0.2) is 8.42 Å². The van der Waals surface area contributed by atoms with Crippen LogP contribution in [-0.2, 0) is 26.7 Å². The molecule has 27 heavy (non-hydrogen) atoms. The molecule has 3 fully saturated rings. The van der Waals surface area contributed by atoms with Crippen LogP contribution in [0.1, 0.15) is 30.2 Å². The van der Waals surface area contributed by atoms with Crippen molar-refractivity contribution in [1.82, 2.24) is 14.5 Å². The molecule has 3 aliphatic rings. The normalized spacial score (nSPS) is 24.8. The van der Waals surface area contributed by atoms with E-state index in [-0.39, 0.29) is 4.90 Å². The first-order chi connectivity index (χ1) is 12.9. The van der Waals surface area contributed by atoms with E-state index < -0.39 is 15.6 Å². The Morgan fingerprint density at radius 1 is 1.30 bits per heavy atom. The molecular weight excluding hydrogens is 370 g/mol. The van der Waals surface area contributed by atoms with Crippen molar-refractivity contribution in [3.05, 3.63) is 35.5 Å². The van der Waals surface area contributed by atoms with Crippen LogP contribution in [0.4, 0.5) is 0 Å². The molecule has 2 aromatic rings. The maximum absolute atomic E-state index is 13.6. The molecule has 1 aromatic carbocycles. The van der Waals surface area contributed by atoms with Crippen molar-refractivity contribution in [3.8, 4) is 5.75 Å². The summed E-state index contributed by atoms with van der Waals surface area (Å²) in [6.45, 7) is 2.68. The molecule has 1 saturated carbocycles. The van der Waals surface area contributed by atoms with Gasteiger partial charge in [-0.2, -0.15) is 4.31 Å². The van der Waals surface area contributed by atoms with Gasteiger partial charge < -0.3 is 13.9 Å². The molecule has 0 spiro atoms. The van der Waals surface area contributed by atoms with Crippen LogP contribution >= 0.6 is 0 Å². The first-order valence-corrected chi connectivity index (χ1v) is 10.3. The molecule has 5 rings (SSSR count). The molecule has 1 aliphatic carbocycles. The highest BCUT2D eigenvalue weighted by molar-refractivity contribution is 7.89. The third-order valence-electron chi connectivity index (χ3n) is 5.47. The fourth-order valence-electron chi connectivity index (χ4n) is 4.15. The third-order valence-corrected chi connectivity index (χ3v) is 7.42. The lowest BCUT2D eigenvalue weighted by Crippen LogP contribution is -2.46. The maximum atomic E-state index is 13.6. The summed E-state index contributed by atoms with van der Waals surface area (Å²) in [5, 5.41) is 8.02. The fraction of sp³-hybridized carbons (Fsp3) is 0.556. The van der Waals surface area contributed by atoms with Gasteiger partial charge in [0, 0.05) is 20.6 Å². The molecule has 3 heterocycles. The molecule has 0 unspecified atom stereocenters. The van der Waals surface area contributed by atoms with Crippen molar-refractivity contribution in [2.24, 2.45) is 5.92 Å². The van der Waals surface area contributed by atoms with Crippen LogP contribution in [-0.4, -0.2) is 50.3 Å². The molecule has 1 aromatic heterocycles.